The topological polar surface area (TPSA) is 58.6 Å². The molecule has 0 spiro atoms. The van der Waals surface area contributed by atoms with Crippen LogP contribution in [0, 0.1) is 5.92 Å². The maximum atomic E-state index is 11.5. The molecule has 94 valence electrons. The van der Waals surface area contributed by atoms with E-state index in [9.17, 15) is 9.90 Å². The Bertz CT molecular complexity index is 242. The SMILES string of the molecule is COCCC1CCCC1(NC(C)C)C(=O)O. The van der Waals surface area contributed by atoms with Crippen LogP contribution in [0.5, 0.6) is 0 Å². The normalized spacial score (nSPS) is 29.9. The fraction of sp³-hybridized carbons (Fsp3) is 0.917. The van der Waals surface area contributed by atoms with Gasteiger partial charge in [-0.3, -0.25) is 10.1 Å². The third kappa shape index (κ3) is 2.74. The standard InChI is InChI=1S/C12H23NO3/c1-9(2)13-12(11(14)15)7-4-5-10(12)6-8-16-3/h9-10,13H,4-8H2,1-3H3,(H,14,15). The van der Waals surface area contributed by atoms with E-state index in [2.05, 4.69) is 5.32 Å². The van der Waals surface area contributed by atoms with E-state index in [1.165, 1.54) is 0 Å². The van der Waals surface area contributed by atoms with Gasteiger partial charge in [0.05, 0.1) is 0 Å². The summed E-state index contributed by atoms with van der Waals surface area (Å²) in [4.78, 5) is 11.5. The quantitative estimate of drug-likeness (QED) is 0.727. The summed E-state index contributed by atoms with van der Waals surface area (Å²) >= 11 is 0. The van der Waals surface area contributed by atoms with Crippen LogP contribution in [0.4, 0.5) is 0 Å². The first-order chi connectivity index (χ1) is 7.53. The lowest BCUT2D eigenvalue weighted by Gasteiger charge is -2.34. The Kier molecular flexibility index (Phi) is 4.74. The molecule has 4 nitrogen and oxygen atoms in total. The average Bonchev–Trinajstić information content (AvgIpc) is 2.58. The Labute approximate surface area is 97.4 Å². The van der Waals surface area contributed by atoms with Gasteiger partial charge in [-0.15, -0.1) is 0 Å². The molecule has 0 aromatic heterocycles. The summed E-state index contributed by atoms with van der Waals surface area (Å²) in [7, 11) is 1.66. The zero-order chi connectivity index (χ0) is 12.2. The molecule has 2 atom stereocenters. The van der Waals surface area contributed by atoms with Gasteiger partial charge in [-0.2, -0.15) is 0 Å². The Morgan fingerprint density at radius 3 is 2.81 bits per heavy atom. The molecular formula is C12H23NO3. The van der Waals surface area contributed by atoms with Crippen molar-refractivity contribution in [2.45, 2.75) is 51.1 Å². The summed E-state index contributed by atoms with van der Waals surface area (Å²) in [6.45, 7) is 4.63. The monoisotopic (exact) mass is 229 g/mol. The van der Waals surface area contributed by atoms with E-state index in [1.807, 2.05) is 13.8 Å². The molecule has 1 aliphatic carbocycles. The van der Waals surface area contributed by atoms with Crippen molar-refractivity contribution in [1.82, 2.24) is 5.32 Å². The second kappa shape index (κ2) is 5.64. The maximum Gasteiger partial charge on any atom is 0.324 e. The minimum Gasteiger partial charge on any atom is -0.480 e. The number of nitrogens with one attached hydrogen (secondary N) is 1. The summed E-state index contributed by atoms with van der Waals surface area (Å²) in [6.07, 6.45) is 3.52. The lowest BCUT2D eigenvalue weighted by atomic mass is 9.84. The van der Waals surface area contributed by atoms with E-state index in [0.717, 1.165) is 25.7 Å². The zero-order valence-corrected chi connectivity index (χ0v) is 10.5. The van der Waals surface area contributed by atoms with Gasteiger partial charge in [-0.05, 0) is 39.0 Å². The molecule has 4 heteroatoms. The molecule has 1 fully saturated rings. The van der Waals surface area contributed by atoms with Crippen molar-refractivity contribution in [3.8, 4) is 0 Å². The summed E-state index contributed by atoms with van der Waals surface area (Å²) in [6, 6.07) is 0.194. The van der Waals surface area contributed by atoms with Crippen molar-refractivity contribution in [1.29, 1.82) is 0 Å². The molecule has 0 saturated heterocycles. The van der Waals surface area contributed by atoms with Gasteiger partial charge in [-0.1, -0.05) is 6.42 Å². The van der Waals surface area contributed by atoms with E-state index in [0.29, 0.717) is 6.61 Å². The molecular weight excluding hydrogens is 206 g/mol. The summed E-state index contributed by atoms with van der Waals surface area (Å²) in [5.41, 5.74) is -0.729. The van der Waals surface area contributed by atoms with Crippen LogP contribution in [0.2, 0.25) is 0 Å². The number of carbonyl (C=O) groups is 1. The number of aliphatic carboxylic acids is 1. The van der Waals surface area contributed by atoms with Crippen molar-refractivity contribution < 1.29 is 14.6 Å². The minimum atomic E-state index is -0.729. The minimum absolute atomic E-state index is 0.187. The van der Waals surface area contributed by atoms with Gasteiger partial charge in [0.25, 0.3) is 0 Å². The first-order valence-corrected chi connectivity index (χ1v) is 6.03. The molecule has 0 bridgehead atoms. The van der Waals surface area contributed by atoms with Crippen LogP contribution >= 0.6 is 0 Å². The molecule has 1 saturated carbocycles. The van der Waals surface area contributed by atoms with Gasteiger partial charge in [0, 0.05) is 19.8 Å². The molecule has 0 aliphatic heterocycles. The fourth-order valence-corrected chi connectivity index (χ4v) is 2.78. The molecule has 1 aliphatic rings. The van der Waals surface area contributed by atoms with E-state index in [4.69, 9.17) is 4.74 Å². The smallest absolute Gasteiger partial charge is 0.324 e. The van der Waals surface area contributed by atoms with Gasteiger partial charge in [0.1, 0.15) is 5.54 Å². The highest BCUT2D eigenvalue weighted by atomic mass is 16.5. The van der Waals surface area contributed by atoms with Crippen LogP contribution in [-0.4, -0.2) is 36.4 Å². The van der Waals surface area contributed by atoms with E-state index in [-0.39, 0.29) is 12.0 Å². The molecule has 0 amide bonds. The largest absolute Gasteiger partial charge is 0.480 e. The predicted molar refractivity (Wildman–Crippen MR) is 62.5 cm³/mol. The number of rotatable bonds is 6. The Morgan fingerprint density at radius 2 is 2.31 bits per heavy atom. The van der Waals surface area contributed by atoms with Crippen LogP contribution in [0.15, 0.2) is 0 Å². The molecule has 0 aromatic carbocycles. The first-order valence-electron chi connectivity index (χ1n) is 6.03. The van der Waals surface area contributed by atoms with Gasteiger partial charge in [0.15, 0.2) is 0 Å². The lowest BCUT2D eigenvalue weighted by molar-refractivity contribution is -0.147. The Hall–Kier alpha value is -0.610. The highest BCUT2D eigenvalue weighted by Crippen LogP contribution is 2.38. The number of hydrogen-bond donors (Lipinski definition) is 2. The Morgan fingerprint density at radius 1 is 1.62 bits per heavy atom. The Balaban J connectivity index is 2.76. The van der Waals surface area contributed by atoms with E-state index < -0.39 is 11.5 Å². The molecule has 0 heterocycles. The number of carboxylic acid groups (broad SMARTS) is 1. The van der Waals surface area contributed by atoms with E-state index >= 15 is 0 Å². The van der Waals surface area contributed by atoms with E-state index in [1.54, 1.807) is 7.11 Å². The van der Waals surface area contributed by atoms with Crippen LogP contribution in [0.3, 0.4) is 0 Å². The van der Waals surface area contributed by atoms with Crippen LogP contribution in [0.1, 0.15) is 39.5 Å². The molecule has 2 N–H and O–H groups in total. The molecule has 0 radical (unpaired) electrons. The van der Waals surface area contributed by atoms with Gasteiger partial charge >= 0.3 is 5.97 Å². The van der Waals surface area contributed by atoms with Gasteiger partial charge in [0.2, 0.25) is 0 Å². The highest BCUT2D eigenvalue weighted by Gasteiger charge is 2.48. The number of ether oxygens (including phenoxy) is 1. The second-order valence-electron chi connectivity index (χ2n) is 4.95. The maximum absolute atomic E-state index is 11.5. The summed E-state index contributed by atoms with van der Waals surface area (Å²) in [5, 5.41) is 12.7. The first kappa shape index (κ1) is 13.5. The third-order valence-corrected chi connectivity index (χ3v) is 3.42. The zero-order valence-electron chi connectivity index (χ0n) is 10.5. The molecule has 0 aromatic rings. The van der Waals surface area contributed by atoms with Crippen LogP contribution in [-0.2, 0) is 9.53 Å². The van der Waals surface area contributed by atoms with Crippen molar-refractivity contribution in [2.75, 3.05) is 13.7 Å². The predicted octanol–water partition coefficient (Wildman–Crippen LogP) is 1.64. The molecule has 16 heavy (non-hydrogen) atoms. The van der Waals surface area contributed by atoms with Gasteiger partial charge in [-0.25, -0.2) is 0 Å². The van der Waals surface area contributed by atoms with Crippen molar-refractivity contribution in [3.05, 3.63) is 0 Å². The third-order valence-electron chi connectivity index (χ3n) is 3.42. The lowest BCUT2D eigenvalue weighted by Crippen LogP contribution is -2.57. The fourth-order valence-electron chi connectivity index (χ4n) is 2.78. The molecule has 2 unspecified atom stereocenters. The van der Waals surface area contributed by atoms with Crippen molar-refractivity contribution in [3.63, 3.8) is 0 Å². The van der Waals surface area contributed by atoms with Crippen LogP contribution in [0.25, 0.3) is 0 Å². The van der Waals surface area contributed by atoms with Gasteiger partial charge < -0.3 is 9.84 Å². The second-order valence-corrected chi connectivity index (χ2v) is 4.95. The number of hydrogen-bond acceptors (Lipinski definition) is 3. The highest BCUT2D eigenvalue weighted by molar-refractivity contribution is 5.79. The average molecular weight is 229 g/mol. The molecule has 1 rings (SSSR count). The number of carboxylic acids is 1. The summed E-state index contributed by atoms with van der Waals surface area (Å²) < 4.78 is 5.06. The van der Waals surface area contributed by atoms with Crippen molar-refractivity contribution in [2.24, 2.45) is 5.92 Å². The summed E-state index contributed by atoms with van der Waals surface area (Å²) in [5.74, 6) is -0.521. The van der Waals surface area contributed by atoms with Crippen LogP contribution < -0.4 is 5.32 Å². The van der Waals surface area contributed by atoms with Crippen molar-refractivity contribution >= 4 is 5.97 Å². The number of methoxy groups -OCH3 is 1.